The van der Waals surface area contributed by atoms with Gasteiger partial charge in [-0.15, -0.1) is 22.7 Å². The van der Waals surface area contributed by atoms with E-state index < -0.39 is 0 Å². The normalized spacial score (nSPS) is 12.1. The molecule has 0 unspecified atom stereocenters. The van der Waals surface area contributed by atoms with Crippen molar-refractivity contribution in [1.29, 1.82) is 5.26 Å². The summed E-state index contributed by atoms with van der Waals surface area (Å²) in [6.07, 6.45) is 3.94. The number of rotatable bonds is 4. The molecule has 0 spiro atoms. The first-order valence-corrected chi connectivity index (χ1v) is 24.2. The number of hydrogen-bond acceptors (Lipinski definition) is 4. The maximum absolute atomic E-state index is 12.1. The Hall–Kier alpha value is -8.85. The molecule has 5 nitrogen and oxygen atoms in total. The quantitative estimate of drug-likeness (QED) is 0.131. The van der Waals surface area contributed by atoms with E-state index in [1.165, 1.54) is 35.6 Å². The van der Waals surface area contributed by atoms with Crippen LogP contribution in [0, 0.1) is 17.9 Å². The lowest BCUT2D eigenvalue weighted by molar-refractivity contribution is 1.13. The molecule has 0 atom stereocenters. The average Bonchev–Trinajstić information content (AvgIpc) is 4.15. The van der Waals surface area contributed by atoms with Crippen LogP contribution in [0.4, 0.5) is 5.69 Å². The molecule has 5 heterocycles. The molecule has 10 aromatic carbocycles. The standard InChI is InChI=1S/C61H31N5S2/c1-63-57-53(34-15-4-2-5-16-34)45(31-62)58(54(35-17-6-3-7-18-35)60(57)65-47-24-14-23-40-36-19-8-9-20-37(36)46-32-64-33-49(65)56(46)55(40)47)66-48-29-44-39-22-11-12-25-50(39)67-52(44)30-43(48)41-27-28-42-38-21-10-13-26-51(38)68-61(42)59(41)66/h2-30,32-33H. The van der Waals surface area contributed by atoms with Crippen molar-refractivity contribution in [1.82, 2.24) is 14.1 Å². The summed E-state index contributed by atoms with van der Waals surface area (Å²) in [5, 5.41) is 25.7. The van der Waals surface area contributed by atoms with E-state index in [9.17, 15) is 11.8 Å². The van der Waals surface area contributed by atoms with E-state index in [0.29, 0.717) is 22.5 Å². The van der Waals surface area contributed by atoms with Crippen LogP contribution >= 0.6 is 22.7 Å². The fourth-order valence-electron chi connectivity index (χ4n) is 11.5. The molecule has 0 saturated carbocycles. The third-order valence-corrected chi connectivity index (χ3v) is 16.5. The number of nitriles is 1. The van der Waals surface area contributed by atoms with Gasteiger partial charge >= 0.3 is 0 Å². The minimum absolute atomic E-state index is 0.403. The summed E-state index contributed by atoms with van der Waals surface area (Å²) in [6, 6.07) is 64.9. The molecule has 0 fully saturated rings. The van der Waals surface area contributed by atoms with Crippen LogP contribution in [-0.4, -0.2) is 14.1 Å². The van der Waals surface area contributed by atoms with Gasteiger partial charge in [-0.3, -0.25) is 4.98 Å². The summed E-state index contributed by atoms with van der Waals surface area (Å²) in [5.41, 5.74) is 9.28. The maximum atomic E-state index is 12.1. The van der Waals surface area contributed by atoms with Gasteiger partial charge in [0.25, 0.3) is 0 Å². The van der Waals surface area contributed by atoms with Gasteiger partial charge in [0, 0.05) is 79.9 Å². The zero-order chi connectivity index (χ0) is 44.8. The van der Waals surface area contributed by atoms with E-state index in [4.69, 9.17) is 4.98 Å². The molecule has 68 heavy (non-hydrogen) atoms. The van der Waals surface area contributed by atoms with E-state index in [2.05, 4.69) is 160 Å². The van der Waals surface area contributed by atoms with E-state index in [1.54, 1.807) is 11.3 Å². The fourth-order valence-corrected chi connectivity index (χ4v) is 13.9. The SMILES string of the molecule is [C-]#[N+]c1c(-c2ccccc2)c(C#N)c(-n2c3cc4c(cc3c3ccc5c6ccccc6sc5c32)sc2ccccc24)c(-c2ccccc2)c1-n1c2cccc3c4ccccc4c4cncc1c4c32. The van der Waals surface area contributed by atoms with Gasteiger partial charge in [0.2, 0.25) is 5.69 Å². The van der Waals surface area contributed by atoms with Crippen LogP contribution in [0.1, 0.15) is 5.56 Å². The van der Waals surface area contributed by atoms with Crippen molar-refractivity contribution in [2.75, 3.05) is 0 Å². The van der Waals surface area contributed by atoms with Crippen molar-refractivity contribution in [2.45, 2.75) is 0 Å². The minimum Gasteiger partial charge on any atom is -0.317 e. The molecule has 15 aromatic rings. The molecule has 0 aliphatic rings. The van der Waals surface area contributed by atoms with Gasteiger partial charge in [-0.05, 0) is 57.6 Å². The summed E-state index contributed by atoms with van der Waals surface area (Å²) < 4.78 is 9.48. The molecule has 15 rings (SSSR count). The molecule has 7 heteroatoms. The summed E-state index contributed by atoms with van der Waals surface area (Å²) in [5.74, 6) is 0. The largest absolute Gasteiger partial charge is 0.317 e. The molecule has 0 N–H and O–H groups in total. The zero-order valence-electron chi connectivity index (χ0n) is 36.0. The Balaban J connectivity index is 1.25. The lowest BCUT2D eigenvalue weighted by Gasteiger charge is -2.25. The Morgan fingerprint density at radius 3 is 1.81 bits per heavy atom. The molecule has 312 valence electrons. The lowest BCUT2D eigenvalue weighted by Crippen LogP contribution is -2.09. The zero-order valence-corrected chi connectivity index (χ0v) is 37.6. The van der Waals surface area contributed by atoms with Gasteiger partial charge < -0.3 is 9.13 Å². The van der Waals surface area contributed by atoms with Crippen molar-refractivity contribution in [3.63, 3.8) is 0 Å². The fraction of sp³-hybridized carbons (Fsp3) is 0. The van der Waals surface area contributed by atoms with Gasteiger partial charge in [-0.1, -0.05) is 146 Å². The van der Waals surface area contributed by atoms with Gasteiger partial charge in [0.15, 0.2) is 0 Å². The first kappa shape index (κ1) is 37.4. The highest BCUT2D eigenvalue weighted by molar-refractivity contribution is 7.27. The van der Waals surface area contributed by atoms with Crippen LogP contribution in [0.3, 0.4) is 0 Å². The lowest BCUT2D eigenvalue weighted by atomic mass is 9.88. The summed E-state index contributed by atoms with van der Waals surface area (Å²) in [7, 11) is 0. The Bertz CT molecular complexity index is 4660. The highest BCUT2D eigenvalue weighted by Crippen LogP contribution is 2.55. The molecule has 0 aliphatic carbocycles. The Kier molecular flexibility index (Phi) is 7.61. The molecule has 0 saturated heterocycles. The second kappa shape index (κ2) is 13.8. The van der Waals surface area contributed by atoms with Crippen molar-refractivity contribution in [3.05, 3.63) is 205 Å². The summed E-state index contributed by atoms with van der Waals surface area (Å²) in [4.78, 5) is 9.53. The predicted molar refractivity (Wildman–Crippen MR) is 287 cm³/mol. The predicted octanol–water partition coefficient (Wildman–Crippen LogP) is 17.5. The Labute approximate surface area is 396 Å². The molecule has 0 aliphatic heterocycles. The van der Waals surface area contributed by atoms with E-state index >= 15 is 0 Å². The third kappa shape index (κ3) is 4.83. The van der Waals surface area contributed by atoms with Crippen molar-refractivity contribution in [3.8, 4) is 39.7 Å². The van der Waals surface area contributed by atoms with Crippen LogP contribution in [0.5, 0.6) is 0 Å². The molecule has 0 radical (unpaired) electrons. The maximum Gasteiger partial charge on any atom is 0.220 e. The molecular formula is C61H31N5S2. The minimum atomic E-state index is 0.403. The number of thiophene rings is 2. The molecular weight excluding hydrogens is 867 g/mol. The second-order valence-electron chi connectivity index (χ2n) is 17.5. The number of benzene rings is 10. The Morgan fingerprint density at radius 2 is 1.07 bits per heavy atom. The highest BCUT2D eigenvalue weighted by atomic mass is 32.1. The topological polar surface area (TPSA) is 50.9 Å². The Morgan fingerprint density at radius 1 is 0.456 bits per heavy atom. The van der Waals surface area contributed by atoms with Gasteiger partial charge in [0.1, 0.15) is 6.07 Å². The molecule has 0 amide bonds. The highest BCUT2D eigenvalue weighted by Gasteiger charge is 2.33. The van der Waals surface area contributed by atoms with Crippen LogP contribution in [0.25, 0.3) is 144 Å². The number of aromatic nitrogens is 3. The van der Waals surface area contributed by atoms with Crippen LogP contribution < -0.4 is 0 Å². The van der Waals surface area contributed by atoms with Crippen LogP contribution in [0.15, 0.2) is 188 Å². The van der Waals surface area contributed by atoms with Gasteiger partial charge in [-0.25, -0.2) is 4.85 Å². The number of nitrogens with zero attached hydrogens (tertiary/aromatic N) is 5. The first-order chi connectivity index (χ1) is 33.7. The van der Waals surface area contributed by atoms with E-state index in [0.717, 1.165) is 92.2 Å². The summed E-state index contributed by atoms with van der Waals surface area (Å²) >= 11 is 3.61. The van der Waals surface area contributed by atoms with Crippen LogP contribution in [-0.2, 0) is 0 Å². The number of fused-ring (bicyclic) bond motifs is 13. The second-order valence-corrected chi connectivity index (χ2v) is 19.7. The van der Waals surface area contributed by atoms with Crippen molar-refractivity contribution in [2.24, 2.45) is 0 Å². The third-order valence-electron chi connectivity index (χ3n) is 14.2. The van der Waals surface area contributed by atoms with Crippen molar-refractivity contribution >= 4 is 134 Å². The monoisotopic (exact) mass is 897 g/mol. The first-order valence-electron chi connectivity index (χ1n) is 22.5. The van der Waals surface area contributed by atoms with Gasteiger partial charge in [-0.2, -0.15) is 5.26 Å². The van der Waals surface area contributed by atoms with Crippen LogP contribution in [0.2, 0.25) is 0 Å². The van der Waals surface area contributed by atoms with E-state index in [-0.39, 0.29) is 0 Å². The van der Waals surface area contributed by atoms with E-state index in [1.807, 2.05) is 60.1 Å². The number of pyridine rings is 1. The van der Waals surface area contributed by atoms with Gasteiger partial charge in [0.05, 0.1) is 56.5 Å². The number of hydrogen-bond donors (Lipinski definition) is 0. The smallest absolute Gasteiger partial charge is 0.220 e. The summed E-state index contributed by atoms with van der Waals surface area (Å²) in [6.45, 7) is 9.34. The molecule has 5 aromatic heterocycles. The van der Waals surface area contributed by atoms with Crippen molar-refractivity contribution < 1.29 is 0 Å². The molecule has 0 bridgehead atoms. The average molecular weight is 898 g/mol.